The van der Waals surface area contributed by atoms with Crippen molar-refractivity contribution in [3.63, 3.8) is 0 Å². The number of hydrogen-bond acceptors (Lipinski definition) is 12. The van der Waals surface area contributed by atoms with E-state index in [9.17, 15) is 24.4 Å². The number of hydrogen-bond donors (Lipinski definition) is 3. The average molecular weight is 482 g/mol. The molecule has 1 saturated heterocycles. The van der Waals surface area contributed by atoms with Gasteiger partial charge in [-0.2, -0.15) is 0 Å². The Balaban J connectivity index is 1.37. The second-order valence-corrected chi connectivity index (χ2v) is 9.22. The SMILES string of the molecule is CC(OC(=O)C1=CCS[C@@H]2C(NC(=O)C(=NO)c3csc(N)n3)C(=O)N12)OC(=O)C1CC1. The summed E-state index contributed by atoms with van der Waals surface area (Å²) in [6.07, 6.45) is 1.97. The fourth-order valence-corrected chi connectivity index (χ4v) is 4.90. The number of ether oxygens (including phenoxy) is 2. The van der Waals surface area contributed by atoms with Crippen LogP contribution in [-0.2, 0) is 28.7 Å². The van der Waals surface area contributed by atoms with Crippen LogP contribution in [0.4, 0.5) is 5.13 Å². The summed E-state index contributed by atoms with van der Waals surface area (Å²) < 4.78 is 10.2. The molecule has 4 rings (SSSR count). The third-order valence-electron chi connectivity index (χ3n) is 4.89. The van der Waals surface area contributed by atoms with Crippen LogP contribution in [0.1, 0.15) is 25.5 Å². The summed E-state index contributed by atoms with van der Waals surface area (Å²) in [6, 6.07) is -0.943. The molecular weight excluding hydrogens is 462 g/mol. The second kappa shape index (κ2) is 8.78. The number of thioether (sulfide) groups is 1. The van der Waals surface area contributed by atoms with Crippen LogP contribution < -0.4 is 11.1 Å². The van der Waals surface area contributed by atoms with Crippen LogP contribution >= 0.6 is 23.1 Å². The Morgan fingerprint density at radius 3 is 2.75 bits per heavy atom. The molecule has 1 aromatic heterocycles. The van der Waals surface area contributed by atoms with Crippen molar-refractivity contribution in [2.24, 2.45) is 11.1 Å². The lowest BCUT2D eigenvalue weighted by Crippen LogP contribution is -2.70. The van der Waals surface area contributed by atoms with E-state index < -0.39 is 41.5 Å². The van der Waals surface area contributed by atoms with Crippen LogP contribution in [0.2, 0.25) is 0 Å². The number of esters is 2. The number of rotatable bonds is 7. The van der Waals surface area contributed by atoms with Crippen molar-refractivity contribution in [2.75, 3.05) is 11.5 Å². The topological polar surface area (TPSA) is 174 Å². The van der Waals surface area contributed by atoms with Crippen molar-refractivity contribution in [2.45, 2.75) is 37.5 Å². The predicted octanol–water partition coefficient (Wildman–Crippen LogP) is 0.0298. The van der Waals surface area contributed by atoms with Gasteiger partial charge >= 0.3 is 11.9 Å². The highest BCUT2D eigenvalue weighted by molar-refractivity contribution is 8.00. The Morgan fingerprint density at radius 2 is 2.12 bits per heavy atom. The summed E-state index contributed by atoms with van der Waals surface area (Å²) in [5.74, 6) is -2.31. The molecule has 170 valence electrons. The minimum atomic E-state index is -1.09. The number of amides is 2. The Bertz CT molecular complexity index is 1030. The number of β-lactam (4-membered cyclic amide) rings is 1. The molecule has 3 atom stereocenters. The molecule has 1 saturated carbocycles. The highest BCUT2D eigenvalue weighted by Gasteiger charge is 2.53. The maximum atomic E-state index is 12.7. The van der Waals surface area contributed by atoms with Gasteiger partial charge in [-0.3, -0.25) is 19.3 Å². The highest BCUT2D eigenvalue weighted by Crippen LogP contribution is 2.38. The standard InChI is InChI=1S/C18H19N5O7S2/c1-7(29-16(26)8-2-3-8)30-17(27)10-4-5-31-15-12(14(25)23(10)15)21-13(24)11(22-28)9-6-32-18(19)20-9/h4,6-8,12,15,28H,2-3,5H2,1H3,(H2,19,20)(H,21,24)/t7?,12?,15-/m1/s1. The van der Waals surface area contributed by atoms with Gasteiger partial charge in [0.2, 0.25) is 6.29 Å². The van der Waals surface area contributed by atoms with Crippen LogP contribution in [0.15, 0.2) is 22.3 Å². The molecule has 1 aromatic rings. The third kappa shape index (κ3) is 4.27. The molecule has 14 heteroatoms. The molecule has 3 aliphatic rings. The van der Waals surface area contributed by atoms with Crippen molar-refractivity contribution >= 4 is 57.7 Å². The van der Waals surface area contributed by atoms with Crippen molar-refractivity contribution in [3.05, 3.63) is 22.8 Å². The van der Waals surface area contributed by atoms with Gasteiger partial charge in [0.25, 0.3) is 11.8 Å². The zero-order chi connectivity index (χ0) is 23.0. The van der Waals surface area contributed by atoms with E-state index in [1.165, 1.54) is 35.0 Å². The minimum Gasteiger partial charge on any atom is -0.425 e. The van der Waals surface area contributed by atoms with Crippen LogP contribution in [0.5, 0.6) is 0 Å². The normalized spacial score (nSPS) is 23.4. The van der Waals surface area contributed by atoms with Crippen LogP contribution in [-0.4, -0.2) is 68.0 Å². The van der Waals surface area contributed by atoms with Gasteiger partial charge in [0.05, 0.1) is 5.92 Å². The molecule has 0 bridgehead atoms. The molecule has 0 spiro atoms. The minimum absolute atomic E-state index is 0.0156. The fraction of sp³-hybridized carbons (Fsp3) is 0.444. The number of aromatic nitrogens is 1. The number of nitrogens with zero attached hydrogens (tertiary/aromatic N) is 3. The van der Waals surface area contributed by atoms with Crippen LogP contribution in [0, 0.1) is 5.92 Å². The number of anilines is 1. The molecule has 0 aromatic carbocycles. The fourth-order valence-electron chi connectivity index (χ4n) is 3.16. The van der Waals surface area contributed by atoms with E-state index in [0.717, 1.165) is 24.2 Å². The maximum absolute atomic E-state index is 12.7. The highest BCUT2D eigenvalue weighted by atomic mass is 32.2. The molecule has 32 heavy (non-hydrogen) atoms. The van der Waals surface area contributed by atoms with E-state index in [0.29, 0.717) is 5.75 Å². The summed E-state index contributed by atoms with van der Waals surface area (Å²) >= 11 is 2.40. The first-order chi connectivity index (χ1) is 15.3. The lowest BCUT2D eigenvalue weighted by Gasteiger charge is -2.48. The van der Waals surface area contributed by atoms with E-state index in [-0.39, 0.29) is 28.2 Å². The van der Waals surface area contributed by atoms with Crippen LogP contribution in [0.25, 0.3) is 0 Å². The molecule has 2 amide bonds. The summed E-state index contributed by atoms with van der Waals surface area (Å²) in [6.45, 7) is 1.43. The molecule has 12 nitrogen and oxygen atoms in total. The van der Waals surface area contributed by atoms with Crippen molar-refractivity contribution in [3.8, 4) is 0 Å². The number of carbonyl (C=O) groups excluding carboxylic acids is 4. The number of oxime groups is 1. The first-order valence-corrected chi connectivity index (χ1v) is 11.5. The van der Waals surface area contributed by atoms with Gasteiger partial charge in [-0.05, 0) is 18.9 Å². The third-order valence-corrected chi connectivity index (χ3v) is 6.75. The smallest absolute Gasteiger partial charge is 0.357 e. The number of nitrogen functional groups attached to an aromatic ring is 1. The lowest BCUT2D eigenvalue weighted by atomic mass is 10.0. The largest absolute Gasteiger partial charge is 0.425 e. The predicted molar refractivity (Wildman–Crippen MR) is 112 cm³/mol. The molecule has 3 heterocycles. The van der Waals surface area contributed by atoms with Gasteiger partial charge < -0.3 is 25.7 Å². The van der Waals surface area contributed by atoms with E-state index in [2.05, 4.69) is 15.5 Å². The summed E-state index contributed by atoms with van der Waals surface area (Å²) in [4.78, 5) is 54.6. The van der Waals surface area contributed by atoms with E-state index >= 15 is 0 Å². The first kappa shape index (κ1) is 22.1. The number of carbonyl (C=O) groups is 4. The molecule has 2 aliphatic heterocycles. The monoisotopic (exact) mass is 481 g/mol. The Kier molecular flexibility index (Phi) is 6.06. The van der Waals surface area contributed by atoms with Crippen molar-refractivity contribution < 1.29 is 33.9 Å². The van der Waals surface area contributed by atoms with Gasteiger partial charge in [-0.25, -0.2) is 9.78 Å². The number of nitrogens with two attached hydrogens (primary N) is 1. The van der Waals surface area contributed by atoms with Crippen molar-refractivity contribution in [1.82, 2.24) is 15.2 Å². The van der Waals surface area contributed by atoms with E-state index in [1.807, 2.05) is 0 Å². The van der Waals surface area contributed by atoms with E-state index in [4.69, 9.17) is 15.2 Å². The molecule has 1 aliphatic carbocycles. The number of nitrogens with one attached hydrogen (secondary N) is 1. The van der Waals surface area contributed by atoms with Gasteiger partial charge in [-0.1, -0.05) is 5.16 Å². The summed E-state index contributed by atoms with van der Waals surface area (Å²) in [5, 5.41) is 15.8. The Morgan fingerprint density at radius 1 is 1.38 bits per heavy atom. The van der Waals surface area contributed by atoms with Gasteiger partial charge in [0.1, 0.15) is 22.8 Å². The van der Waals surface area contributed by atoms with Gasteiger partial charge in [0.15, 0.2) is 10.8 Å². The average Bonchev–Trinajstić information content (AvgIpc) is 3.53. The molecule has 0 radical (unpaired) electrons. The zero-order valence-corrected chi connectivity index (χ0v) is 18.4. The quantitative estimate of drug-likeness (QED) is 0.120. The molecule has 4 N–H and O–H groups in total. The Labute approximate surface area is 189 Å². The number of thiazole rings is 1. The number of fused-ring (bicyclic) bond motifs is 1. The molecular formula is C18H19N5O7S2. The summed E-state index contributed by atoms with van der Waals surface area (Å²) in [7, 11) is 0. The maximum Gasteiger partial charge on any atom is 0.357 e. The zero-order valence-electron chi connectivity index (χ0n) is 16.7. The lowest BCUT2D eigenvalue weighted by molar-refractivity contribution is -0.185. The van der Waals surface area contributed by atoms with Crippen molar-refractivity contribution in [1.29, 1.82) is 0 Å². The van der Waals surface area contributed by atoms with Crippen LogP contribution in [0.3, 0.4) is 0 Å². The second-order valence-electron chi connectivity index (χ2n) is 7.18. The Hall–Kier alpha value is -3.13. The first-order valence-electron chi connectivity index (χ1n) is 9.60. The molecule has 2 fully saturated rings. The molecule has 2 unspecified atom stereocenters. The summed E-state index contributed by atoms with van der Waals surface area (Å²) in [5.41, 5.74) is 5.25. The van der Waals surface area contributed by atoms with Gasteiger partial charge in [0, 0.05) is 18.1 Å². The van der Waals surface area contributed by atoms with E-state index in [1.54, 1.807) is 0 Å². The van der Waals surface area contributed by atoms with Gasteiger partial charge in [-0.15, -0.1) is 23.1 Å².